The van der Waals surface area contributed by atoms with Crippen molar-refractivity contribution in [3.05, 3.63) is 42.0 Å². The minimum Gasteiger partial charge on any atom is -0.484 e. The van der Waals surface area contributed by atoms with Crippen molar-refractivity contribution in [3.63, 3.8) is 0 Å². The number of rotatable bonds is 6. The van der Waals surface area contributed by atoms with Crippen LogP contribution in [-0.2, 0) is 9.53 Å². The number of carbonyl (C=O) groups is 1. The van der Waals surface area contributed by atoms with E-state index in [1.807, 2.05) is 35.2 Å². The van der Waals surface area contributed by atoms with Crippen LogP contribution >= 0.6 is 0 Å². The first-order chi connectivity index (χ1) is 14.2. The van der Waals surface area contributed by atoms with Gasteiger partial charge in [-0.1, -0.05) is 23.4 Å². The number of ether oxygens (including phenoxy) is 2. The smallest absolute Gasteiger partial charge is 0.261 e. The highest BCUT2D eigenvalue weighted by Gasteiger charge is 2.33. The van der Waals surface area contributed by atoms with Crippen LogP contribution in [0.2, 0.25) is 0 Å². The molecule has 0 radical (unpaired) electrons. The summed E-state index contributed by atoms with van der Waals surface area (Å²) in [5.74, 6) is 2.28. The number of nitrogens with zero attached hydrogens (tertiary/aromatic N) is 3. The van der Waals surface area contributed by atoms with Crippen molar-refractivity contribution in [2.45, 2.75) is 63.0 Å². The Morgan fingerprint density at radius 1 is 1.14 bits per heavy atom. The maximum atomic E-state index is 12.8. The zero-order valence-electron chi connectivity index (χ0n) is 17.0. The Morgan fingerprint density at radius 2 is 1.93 bits per heavy atom. The van der Waals surface area contributed by atoms with Crippen LogP contribution in [-0.4, -0.2) is 47.3 Å². The van der Waals surface area contributed by atoms with Gasteiger partial charge in [-0.05, 0) is 57.1 Å². The van der Waals surface area contributed by atoms with E-state index in [9.17, 15) is 4.79 Å². The highest BCUT2D eigenvalue weighted by atomic mass is 16.5. The summed E-state index contributed by atoms with van der Waals surface area (Å²) in [6, 6.07) is 9.28. The molecule has 156 valence electrons. The van der Waals surface area contributed by atoms with E-state index in [1.165, 1.54) is 0 Å². The monoisotopic (exact) mass is 399 g/mol. The molecular weight excluding hydrogens is 370 g/mol. The molecule has 1 aromatic heterocycles. The Morgan fingerprint density at radius 3 is 2.69 bits per heavy atom. The zero-order chi connectivity index (χ0) is 20.1. The average Bonchev–Trinajstić information content (AvgIpc) is 3.28. The van der Waals surface area contributed by atoms with Gasteiger partial charge in [0.2, 0.25) is 5.89 Å². The SMILES string of the molecule is COC1CCC(c2nc([C@H]3CCCCN3C(=O)COc3ccccc3)no2)CC1. The molecule has 2 heterocycles. The van der Waals surface area contributed by atoms with Crippen LogP contribution < -0.4 is 4.74 Å². The lowest BCUT2D eigenvalue weighted by Crippen LogP contribution is -2.41. The van der Waals surface area contributed by atoms with E-state index >= 15 is 0 Å². The maximum absolute atomic E-state index is 12.8. The minimum atomic E-state index is -0.136. The summed E-state index contributed by atoms with van der Waals surface area (Å²) in [6.45, 7) is 0.719. The van der Waals surface area contributed by atoms with E-state index in [0.717, 1.165) is 44.9 Å². The van der Waals surface area contributed by atoms with Gasteiger partial charge in [0, 0.05) is 19.6 Å². The van der Waals surface area contributed by atoms with Crippen LogP contribution in [0.5, 0.6) is 5.75 Å². The predicted molar refractivity (Wildman–Crippen MR) is 107 cm³/mol. The molecule has 0 spiro atoms. The van der Waals surface area contributed by atoms with Gasteiger partial charge in [0.15, 0.2) is 12.4 Å². The van der Waals surface area contributed by atoms with Gasteiger partial charge in [-0.15, -0.1) is 0 Å². The Hall–Kier alpha value is -2.41. The van der Waals surface area contributed by atoms with Gasteiger partial charge in [-0.2, -0.15) is 4.98 Å². The third-order valence-corrected chi connectivity index (χ3v) is 6.04. The molecule has 7 nitrogen and oxygen atoms in total. The van der Waals surface area contributed by atoms with Crippen molar-refractivity contribution in [3.8, 4) is 5.75 Å². The van der Waals surface area contributed by atoms with Crippen LogP contribution in [0.3, 0.4) is 0 Å². The van der Waals surface area contributed by atoms with Crippen LogP contribution in [0.25, 0.3) is 0 Å². The second-order valence-corrected chi connectivity index (χ2v) is 7.90. The zero-order valence-corrected chi connectivity index (χ0v) is 17.0. The van der Waals surface area contributed by atoms with Gasteiger partial charge in [0.05, 0.1) is 12.1 Å². The third kappa shape index (κ3) is 4.78. The molecule has 1 atom stereocenters. The largest absolute Gasteiger partial charge is 0.484 e. The Labute approximate surface area is 171 Å². The van der Waals surface area contributed by atoms with E-state index in [-0.39, 0.29) is 24.5 Å². The van der Waals surface area contributed by atoms with Crippen molar-refractivity contribution in [2.75, 3.05) is 20.3 Å². The Bertz CT molecular complexity index is 786. The summed E-state index contributed by atoms with van der Waals surface area (Å²) in [5.41, 5.74) is 0. The normalized spacial score (nSPS) is 25.0. The van der Waals surface area contributed by atoms with Crippen molar-refractivity contribution >= 4 is 5.91 Å². The molecule has 1 aliphatic carbocycles. The molecule has 0 unspecified atom stereocenters. The molecule has 2 aliphatic rings. The van der Waals surface area contributed by atoms with Gasteiger partial charge in [0.1, 0.15) is 5.75 Å². The van der Waals surface area contributed by atoms with Gasteiger partial charge in [-0.3, -0.25) is 4.79 Å². The summed E-state index contributed by atoms with van der Waals surface area (Å²) in [6.07, 6.45) is 7.26. The molecule has 1 amide bonds. The topological polar surface area (TPSA) is 77.7 Å². The van der Waals surface area contributed by atoms with Crippen LogP contribution in [0.4, 0.5) is 0 Å². The maximum Gasteiger partial charge on any atom is 0.261 e. The number of carbonyl (C=O) groups excluding carboxylic acids is 1. The number of amides is 1. The third-order valence-electron chi connectivity index (χ3n) is 6.04. The first-order valence-electron chi connectivity index (χ1n) is 10.6. The standard InChI is InChI=1S/C22H29N3O4/c1-27-17-12-10-16(11-13-17)22-23-21(24-29-22)19-9-5-6-14-25(19)20(26)15-28-18-7-3-2-4-8-18/h2-4,7-8,16-17,19H,5-6,9-15H2,1H3/t16?,17?,19-/m1/s1. The summed E-state index contributed by atoms with van der Waals surface area (Å²) < 4.78 is 16.7. The fourth-order valence-corrected chi connectivity index (χ4v) is 4.34. The lowest BCUT2D eigenvalue weighted by molar-refractivity contribution is -0.137. The molecule has 29 heavy (non-hydrogen) atoms. The predicted octanol–water partition coefficient (Wildman–Crippen LogP) is 3.87. The molecule has 7 heteroatoms. The molecule has 1 aromatic carbocycles. The molecule has 4 rings (SSSR count). The fourth-order valence-electron chi connectivity index (χ4n) is 4.34. The summed E-state index contributed by atoms with van der Waals surface area (Å²) in [4.78, 5) is 19.4. The Balaban J connectivity index is 1.40. The van der Waals surface area contributed by atoms with Gasteiger partial charge >= 0.3 is 0 Å². The summed E-state index contributed by atoms with van der Waals surface area (Å²) in [5, 5.41) is 4.25. The number of methoxy groups -OCH3 is 1. The number of hydrogen-bond acceptors (Lipinski definition) is 6. The Kier molecular flexibility index (Phi) is 6.44. The molecule has 2 fully saturated rings. The first-order valence-corrected chi connectivity index (χ1v) is 10.6. The van der Waals surface area contributed by atoms with E-state index < -0.39 is 0 Å². The lowest BCUT2D eigenvalue weighted by atomic mass is 9.87. The second-order valence-electron chi connectivity index (χ2n) is 7.90. The average molecular weight is 399 g/mol. The second kappa shape index (κ2) is 9.39. The first kappa shape index (κ1) is 19.9. The number of aromatic nitrogens is 2. The number of piperidine rings is 1. The van der Waals surface area contributed by atoms with Crippen molar-refractivity contribution in [1.29, 1.82) is 0 Å². The van der Waals surface area contributed by atoms with Crippen LogP contribution in [0, 0.1) is 0 Å². The van der Waals surface area contributed by atoms with Crippen molar-refractivity contribution in [2.24, 2.45) is 0 Å². The van der Waals surface area contributed by atoms with Gasteiger partial charge in [0.25, 0.3) is 5.91 Å². The molecule has 0 N–H and O–H groups in total. The molecule has 1 saturated heterocycles. The molecule has 2 aromatic rings. The van der Waals surface area contributed by atoms with Gasteiger partial charge < -0.3 is 18.9 Å². The number of likely N-dealkylation sites (tertiary alicyclic amines) is 1. The number of hydrogen-bond donors (Lipinski definition) is 0. The van der Waals surface area contributed by atoms with Crippen LogP contribution in [0.15, 0.2) is 34.9 Å². The van der Waals surface area contributed by atoms with E-state index in [2.05, 4.69) is 5.16 Å². The highest BCUT2D eigenvalue weighted by Crippen LogP contribution is 2.35. The summed E-state index contributed by atoms with van der Waals surface area (Å²) in [7, 11) is 1.77. The van der Waals surface area contributed by atoms with E-state index in [4.69, 9.17) is 19.0 Å². The quantitative estimate of drug-likeness (QED) is 0.734. The lowest BCUT2D eigenvalue weighted by Gasteiger charge is -2.33. The van der Waals surface area contributed by atoms with E-state index in [1.54, 1.807) is 7.11 Å². The van der Waals surface area contributed by atoms with Crippen molar-refractivity contribution in [1.82, 2.24) is 15.0 Å². The van der Waals surface area contributed by atoms with E-state index in [0.29, 0.717) is 30.1 Å². The summed E-state index contributed by atoms with van der Waals surface area (Å²) >= 11 is 0. The highest BCUT2D eigenvalue weighted by molar-refractivity contribution is 5.78. The molecule has 0 bridgehead atoms. The van der Waals surface area contributed by atoms with Crippen LogP contribution in [0.1, 0.15) is 68.6 Å². The number of para-hydroxylation sites is 1. The molecule has 1 aliphatic heterocycles. The van der Waals surface area contributed by atoms with Gasteiger partial charge in [-0.25, -0.2) is 0 Å². The fraction of sp³-hybridized carbons (Fsp3) is 0.591. The number of benzene rings is 1. The minimum absolute atomic E-state index is 0.0201. The molecule has 1 saturated carbocycles. The molecular formula is C22H29N3O4. The van der Waals surface area contributed by atoms with Crippen molar-refractivity contribution < 1.29 is 18.8 Å².